The van der Waals surface area contributed by atoms with E-state index in [4.69, 9.17) is 15.3 Å². The molecular weight excluding hydrogens is 270 g/mol. The van der Waals surface area contributed by atoms with Crippen molar-refractivity contribution in [3.8, 4) is 0 Å². The van der Waals surface area contributed by atoms with E-state index in [1.54, 1.807) is 6.92 Å². The summed E-state index contributed by atoms with van der Waals surface area (Å²) in [5, 5.41) is 35.1. The summed E-state index contributed by atoms with van der Waals surface area (Å²) < 4.78 is -1.33. The van der Waals surface area contributed by atoms with Crippen molar-refractivity contribution in [3.05, 3.63) is 10.1 Å². The van der Waals surface area contributed by atoms with Gasteiger partial charge in [-0.05, 0) is 6.42 Å². The Morgan fingerprint density at radius 2 is 1.93 bits per heavy atom. The van der Waals surface area contributed by atoms with E-state index in [2.05, 4.69) is 15.9 Å². The van der Waals surface area contributed by atoms with Crippen LogP contribution >= 0.6 is 15.9 Å². The molecule has 0 aliphatic rings. The van der Waals surface area contributed by atoms with Crippen LogP contribution in [-0.2, 0) is 0 Å². The fourth-order valence-electron chi connectivity index (χ4n) is 0.428. The monoisotopic (exact) mass is 287 g/mol. The summed E-state index contributed by atoms with van der Waals surface area (Å²) in [6.45, 7) is 2.86. The van der Waals surface area contributed by atoms with Crippen molar-refractivity contribution in [2.45, 2.75) is 37.2 Å². The van der Waals surface area contributed by atoms with Crippen LogP contribution in [0.4, 0.5) is 0 Å². The number of alkyl halides is 1. The van der Waals surface area contributed by atoms with E-state index >= 15 is 0 Å². The second-order valence-corrected chi connectivity index (χ2v) is 4.41. The quantitative estimate of drug-likeness (QED) is 0.296. The highest BCUT2D eigenvalue weighted by Gasteiger charge is 2.36. The number of nitro groups is 1. The van der Waals surface area contributed by atoms with Crippen LogP contribution in [-0.4, -0.2) is 44.0 Å². The lowest BCUT2D eigenvalue weighted by Crippen LogP contribution is -2.34. The minimum Gasteiger partial charge on any atom is -0.394 e. The highest BCUT2D eigenvalue weighted by atomic mass is 79.9. The zero-order chi connectivity index (χ0) is 12.5. The van der Waals surface area contributed by atoms with Crippen molar-refractivity contribution in [1.29, 1.82) is 0 Å². The first-order valence-corrected chi connectivity index (χ1v) is 5.40. The first-order chi connectivity index (χ1) is 6.87. The standard InChI is InChI=1S/C4H8BrNO3.C4H10O2/c1-2-4(5,3-7)6(8)9;1-2-4(6)3-5/h7H,2-3H2,1H3;4-6H,2-3H2,1H3. The Bertz CT molecular complexity index is 170. The summed E-state index contributed by atoms with van der Waals surface area (Å²) >= 11 is 2.80. The van der Waals surface area contributed by atoms with Crippen LogP contribution in [0.3, 0.4) is 0 Å². The first-order valence-electron chi connectivity index (χ1n) is 4.61. The number of rotatable bonds is 5. The molecule has 0 bridgehead atoms. The van der Waals surface area contributed by atoms with Crippen LogP contribution < -0.4 is 0 Å². The lowest BCUT2D eigenvalue weighted by Gasteiger charge is -2.12. The fourth-order valence-corrected chi connectivity index (χ4v) is 0.428. The van der Waals surface area contributed by atoms with Crippen molar-refractivity contribution >= 4 is 15.9 Å². The predicted molar refractivity (Wildman–Crippen MR) is 59.4 cm³/mol. The van der Waals surface area contributed by atoms with Gasteiger partial charge in [0.25, 0.3) is 4.45 Å². The molecule has 0 rings (SSSR count). The SMILES string of the molecule is CCC(Br)(CO)[N+](=O)[O-].CCC(O)CO. The lowest BCUT2D eigenvalue weighted by molar-refractivity contribution is -0.539. The average Bonchev–Trinajstić information content (AvgIpc) is 2.27. The van der Waals surface area contributed by atoms with Gasteiger partial charge in [-0.25, -0.2) is 0 Å². The van der Waals surface area contributed by atoms with Crippen molar-refractivity contribution in [2.24, 2.45) is 0 Å². The molecule has 0 heterocycles. The predicted octanol–water partition coefficient (Wildman–Crippen LogP) is 0.506. The second kappa shape index (κ2) is 9.02. The summed E-state index contributed by atoms with van der Waals surface area (Å²) in [6.07, 6.45) is 0.400. The first kappa shape index (κ1) is 17.2. The molecule has 0 aliphatic carbocycles. The van der Waals surface area contributed by atoms with Crippen molar-refractivity contribution in [3.63, 3.8) is 0 Å². The maximum absolute atomic E-state index is 10.1. The Hall–Kier alpha value is -0.240. The van der Waals surface area contributed by atoms with Gasteiger partial charge in [0.05, 0.1) is 12.7 Å². The Kier molecular flexibility index (Phi) is 10.3. The number of halogens is 1. The van der Waals surface area contributed by atoms with Gasteiger partial charge in [0.2, 0.25) is 0 Å². The van der Waals surface area contributed by atoms with E-state index in [9.17, 15) is 10.1 Å². The van der Waals surface area contributed by atoms with E-state index in [0.29, 0.717) is 6.42 Å². The third-order valence-corrected chi connectivity index (χ3v) is 2.89. The van der Waals surface area contributed by atoms with Gasteiger partial charge in [-0.3, -0.25) is 10.1 Å². The molecule has 0 aromatic carbocycles. The summed E-state index contributed by atoms with van der Waals surface area (Å²) in [5.74, 6) is 0. The van der Waals surface area contributed by atoms with E-state index in [-0.39, 0.29) is 13.0 Å². The molecule has 0 saturated carbocycles. The second-order valence-electron chi connectivity index (χ2n) is 2.93. The number of hydrogen-bond donors (Lipinski definition) is 3. The summed E-state index contributed by atoms with van der Waals surface area (Å²) in [7, 11) is 0. The molecule has 0 radical (unpaired) electrons. The smallest absolute Gasteiger partial charge is 0.296 e. The van der Waals surface area contributed by atoms with Crippen LogP contribution in [0.1, 0.15) is 26.7 Å². The molecule has 6 nitrogen and oxygen atoms in total. The molecule has 15 heavy (non-hydrogen) atoms. The molecule has 92 valence electrons. The minimum absolute atomic E-state index is 0.115. The van der Waals surface area contributed by atoms with E-state index in [1.807, 2.05) is 6.92 Å². The maximum atomic E-state index is 10.1. The molecule has 0 amide bonds. The molecule has 0 aromatic rings. The Morgan fingerprint density at radius 1 is 1.47 bits per heavy atom. The third-order valence-electron chi connectivity index (χ3n) is 1.79. The molecule has 0 fully saturated rings. The van der Waals surface area contributed by atoms with Crippen LogP contribution in [0, 0.1) is 10.1 Å². The van der Waals surface area contributed by atoms with Crippen LogP contribution in [0.5, 0.6) is 0 Å². The lowest BCUT2D eigenvalue weighted by atomic mass is 10.2. The van der Waals surface area contributed by atoms with Gasteiger partial charge in [0.1, 0.15) is 6.61 Å². The summed E-state index contributed by atoms with van der Waals surface area (Å²) in [5.41, 5.74) is 0. The van der Waals surface area contributed by atoms with Gasteiger partial charge in [-0.1, -0.05) is 13.8 Å². The molecule has 0 aliphatic heterocycles. The van der Waals surface area contributed by atoms with E-state index in [1.165, 1.54) is 0 Å². The van der Waals surface area contributed by atoms with Gasteiger partial charge >= 0.3 is 0 Å². The molecule has 0 saturated heterocycles. The Labute approximate surface area is 97.2 Å². The number of hydrogen-bond acceptors (Lipinski definition) is 5. The van der Waals surface area contributed by atoms with Crippen LogP contribution in [0.15, 0.2) is 0 Å². The van der Waals surface area contributed by atoms with E-state index < -0.39 is 22.1 Å². The maximum Gasteiger partial charge on any atom is 0.296 e. The van der Waals surface area contributed by atoms with Gasteiger partial charge in [-0.2, -0.15) is 0 Å². The van der Waals surface area contributed by atoms with Crippen molar-refractivity contribution in [1.82, 2.24) is 0 Å². The Morgan fingerprint density at radius 3 is 1.93 bits per heavy atom. The van der Waals surface area contributed by atoms with Crippen LogP contribution in [0.2, 0.25) is 0 Å². The van der Waals surface area contributed by atoms with Crippen molar-refractivity contribution in [2.75, 3.05) is 13.2 Å². The molecule has 7 heteroatoms. The van der Waals surface area contributed by atoms with E-state index in [0.717, 1.165) is 0 Å². The fraction of sp³-hybridized carbons (Fsp3) is 1.00. The van der Waals surface area contributed by atoms with Gasteiger partial charge in [-0.15, -0.1) is 0 Å². The number of aliphatic hydroxyl groups is 3. The normalized spacial score (nSPS) is 15.9. The minimum atomic E-state index is -1.33. The molecular formula is C8H18BrNO5. The number of aliphatic hydroxyl groups excluding tert-OH is 3. The highest BCUT2D eigenvalue weighted by Crippen LogP contribution is 2.21. The average molecular weight is 288 g/mol. The molecule has 0 spiro atoms. The molecule has 3 N–H and O–H groups in total. The summed E-state index contributed by atoms with van der Waals surface area (Å²) in [6, 6.07) is 0. The third kappa shape index (κ3) is 7.66. The van der Waals surface area contributed by atoms with Crippen molar-refractivity contribution < 1.29 is 20.2 Å². The zero-order valence-electron chi connectivity index (χ0n) is 8.89. The largest absolute Gasteiger partial charge is 0.394 e. The summed E-state index contributed by atoms with van der Waals surface area (Å²) in [4.78, 5) is 9.55. The molecule has 2 unspecified atom stereocenters. The van der Waals surface area contributed by atoms with Gasteiger partial charge in [0.15, 0.2) is 0 Å². The van der Waals surface area contributed by atoms with Gasteiger partial charge < -0.3 is 15.3 Å². The zero-order valence-corrected chi connectivity index (χ0v) is 10.5. The van der Waals surface area contributed by atoms with Crippen LogP contribution in [0.25, 0.3) is 0 Å². The topological polar surface area (TPSA) is 104 Å². The Balaban J connectivity index is 0. The van der Waals surface area contributed by atoms with Gasteiger partial charge in [0, 0.05) is 27.3 Å². The molecule has 2 atom stereocenters. The highest BCUT2D eigenvalue weighted by molar-refractivity contribution is 9.10. The molecule has 0 aromatic heterocycles. The number of nitrogens with zero attached hydrogens (tertiary/aromatic N) is 1.